The van der Waals surface area contributed by atoms with Crippen LogP contribution in [0.5, 0.6) is 0 Å². The van der Waals surface area contributed by atoms with Crippen LogP contribution in [0.15, 0.2) is 27.1 Å². The fourth-order valence-corrected chi connectivity index (χ4v) is 4.13. The van der Waals surface area contributed by atoms with Crippen molar-refractivity contribution in [2.45, 2.75) is 39.0 Å². The number of halogens is 2. The fourth-order valence-electron chi connectivity index (χ4n) is 2.83. The van der Waals surface area contributed by atoms with Crippen LogP contribution in [0, 0.1) is 11.8 Å². The summed E-state index contributed by atoms with van der Waals surface area (Å²) in [6.07, 6.45) is 5.82. The van der Waals surface area contributed by atoms with E-state index in [9.17, 15) is 4.79 Å². The Balaban J connectivity index is 2.15. The molecule has 0 spiro atoms. The maximum Gasteiger partial charge on any atom is 0.166 e. The van der Waals surface area contributed by atoms with Gasteiger partial charge in [0.25, 0.3) is 0 Å². The van der Waals surface area contributed by atoms with Gasteiger partial charge in [-0.1, -0.05) is 58.0 Å². The second-order valence-electron chi connectivity index (χ2n) is 5.16. The maximum absolute atomic E-state index is 12.5. The van der Waals surface area contributed by atoms with Gasteiger partial charge in [-0.05, 0) is 37.0 Å². The minimum absolute atomic E-state index is 0.227. The molecule has 1 nitrogen and oxygen atoms in total. The zero-order valence-electron chi connectivity index (χ0n) is 10.6. The molecular formula is C15H18Br2O. The van der Waals surface area contributed by atoms with Crippen LogP contribution < -0.4 is 0 Å². The highest BCUT2D eigenvalue weighted by molar-refractivity contribution is 9.11. The highest BCUT2D eigenvalue weighted by Gasteiger charge is 2.27. The van der Waals surface area contributed by atoms with E-state index in [1.165, 1.54) is 19.3 Å². The van der Waals surface area contributed by atoms with Gasteiger partial charge in [0.15, 0.2) is 5.78 Å². The Morgan fingerprint density at radius 1 is 1.22 bits per heavy atom. The first-order chi connectivity index (χ1) is 8.60. The number of carbonyl (C=O) groups is 1. The van der Waals surface area contributed by atoms with Crippen molar-refractivity contribution in [1.82, 2.24) is 0 Å². The molecule has 1 aliphatic carbocycles. The molecule has 1 aromatic rings. The van der Waals surface area contributed by atoms with Crippen molar-refractivity contribution in [2.24, 2.45) is 11.8 Å². The Kier molecular flexibility index (Phi) is 5.02. The monoisotopic (exact) mass is 372 g/mol. The maximum atomic E-state index is 12.5. The van der Waals surface area contributed by atoms with Gasteiger partial charge in [0.2, 0.25) is 0 Å². The van der Waals surface area contributed by atoms with E-state index in [-0.39, 0.29) is 5.92 Å². The number of Topliss-reactive ketones (excluding diaryl/α,β-unsaturated/α-hetero) is 1. The van der Waals surface area contributed by atoms with Gasteiger partial charge in [-0.2, -0.15) is 0 Å². The minimum atomic E-state index is 0.227. The molecule has 18 heavy (non-hydrogen) atoms. The number of hydrogen-bond acceptors (Lipinski definition) is 1. The van der Waals surface area contributed by atoms with Crippen LogP contribution in [0.1, 0.15) is 49.4 Å². The summed E-state index contributed by atoms with van der Waals surface area (Å²) in [5, 5.41) is 0. The molecule has 2 atom stereocenters. The molecule has 0 radical (unpaired) electrons. The van der Waals surface area contributed by atoms with Crippen LogP contribution in [-0.4, -0.2) is 5.78 Å². The van der Waals surface area contributed by atoms with E-state index in [0.717, 1.165) is 33.3 Å². The Bertz CT molecular complexity index is 422. The number of carbonyl (C=O) groups excluding carboxylic acids is 1. The molecule has 2 rings (SSSR count). The van der Waals surface area contributed by atoms with Crippen LogP contribution in [0.4, 0.5) is 0 Å². The molecule has 0 aliphatic heterocycles. The van der Waals surface area contributed by atoms with Gasteiger partial charge in [0, 0.05) is 20.4 Å². The van der Waals surface area contributed by atoms with Gasteiger partial charge in [0.1, 0.15) is 0 Å². The Labute approximate surface area is 126 Å². The molecule has 98 valence electrons. The predicted octanol–water partition coefficient (Wildman–Crippen LogP) is 5.61. The molecule has 0 bridgehead atoms. The van der Waals surface area contributed by atoms with Crippen molar-refractivity contribution in [1.29, 1.82) is 0 Å². The lowest BCUT2D eigenvalue weighted by Gasteiger charge is -2.27. The van der Waals surface area contributed by atoms with E-state index in [1.807, 2.05) is 18.2 Å². The van der Waals surface area contributed by atoms with Gasteiger partial charge < -0.3 is 0 Å². The molecule has 1 fully saturated rings. The molecule has 0 aromatic heterocycles. The fraction of sp³-hybridized carbons (Fsp3) is 0.533. The summed E-state index contributed by atoms with van der Waals surface area (Å²) in [5.74, 6) is 1.28. The third-order valence-corrected chi connectivity index (χ3v) is 4.79. The molecule has 0 heterocycles. The third kappa shape index (κ3) is 3.45. The lowest BCUT2D eigenvalue weighted by molar-refractivity contribution is 0.0862. The van der Waals surface area contributed by atoms with E-state index in [4.69, 9.17) is 0 Å². The SMILES string of the molecule is CCC1CCCC(C(=O)c2cc(Br)cc(Br)c2)C1. The minimum Gasteiger partial charge on any atom is -0.294 e. The molecule has 2 unspecified atom stereocenters. The standard InChI is InChI=1S/C15H18Br2O/c1-2-10-4-3-5-11(6-10)15(18)12-7-13(16)9-14(17)8-12/h7-11H,2-6H2,1H3. The first kappa shape index (κ1) is 14.3. The Morgan fingerprint density at radius 3 is 2.50 bits per heavy atom. The lowest BCUT2D eigenvalue weighted by Crippen LogP contribution is -2.22. The smallest absolute Gasteiger partial charge is 0.166 e. The number of benzene rings is 1. The Hall–Kier alpha value is -0.150. The van der Waals surface area contributed by atoms with Gasteiger partial charge in [-0.3, -0.25) is 4.79 Å². The first-order valence-electron chi connectivity index (χ1n) is 6.60. The number of hydrogen-bond donors (Lipinski definition) is 0. The molecule has 0 N–H and O–H groups in total. The van der Waals surface area contributed by atoms with Crippen LogP contribution in [0.2, 0.25) is 0 Å². The molecule has 1 saturated carbocycles. The van der Waals surface area contributed by atoms with Gasteiger partial charge in [-0.25, -0.2) is 0 Å². The molecule has 0 amide bonds. The van der Waals surface area contributed by atoms with E-state index in [2.05, 4.69) is 38.8 Å². The van der Waals surface area contributed by atoms with Gasteiger partial charge in [0.05, 0.1) is 0 Å². The Morgan fingerprint density at radius 2 is 1.89 bits per heavy atom. The van der Waals surface area contributed by atoms with E-state index in [1.54, 1.807) is 0 Å². The first-order valence-corrected chi connectivity index (χ1v) is 8.19. The van der Waals surface area contributed by atoms with Gasteiger partial charge >= 0.3 is 0 Å². The largest absolute Gasteiger partial charge is 0.294 e. The summed E-state index contributed by atoms with van der Waals surface area (Å²) in [5.41, 5.74) is 0.831. The van der Waals surface area contributed by atoms with Crippen LogP contribution in [0.3, 0.4) is 0 Å². The quantitative estimate of drug-likeness (QED) is 0.629. The second kappa shape index (κ2) is 6.33. The highest BCUT2D eigenvalue weighted by atomic mass is 79.9. The summed E-state index contributed by atoms with van der Waals surface area (Å²) >= 11 is 6.90. The van der Waals surface area contributed by atoms with Crippen LogP contribution in [-0.2, 0) is 0 Å². The molecule has 0 saturated heterocycles. The molecule has 1 aromatic carbocycles. The van der Waals surface area contributed by atoms with E-state index < -0.39 is 0 Å². The highest BCUT2D eigenvalue weighted by Crippen LogP contribution is 2.33. The normalized spacial score (nSPS) is 23.9. The zero-order chi connectivity index (χ0) is 13.1. The second-order valence-corrected chi connectivity index (χ2v) is 6.99. The van der Waals surface area contributed by atoms with E-state index >= 15 is 0 Å². The summed E-state index contributed by atoms with van der Waals surface area (Å²) in [4.78, 5) is 12.5. The van der Waals surface area contributed by atoms with Gasteiger partial charge in [-0.15, -0.1) is 0 Å². The molecule has 3 heteroatoms. The topological polar surface area (TPSA) is 17.1 Å². The van der Waals surface area contributed by atoms with Crippen molar-refractivity contribution < 1.29 is 4.79 Å². The van der Waals surface area contributed by atoms with Crippen molar-refractivity contribution in [2.75, 3.05) is 0 Å². The number of rotatable bonds is 3. The van der Waals surface area contributed by atoms with Crippen LogP contribution in [0.25, 0.3) is 0 Å². The average molecular weight is 374 g/mol. The van der Waals surface area contributed by atoms with E-state index in [0.29, 0.717) is 5.78 Å². The zero-order valence-corrected chi connectivity index (χ0v) is 13.8. The summed E-state index contributed by atoms with van der Waals surface area (Å²) in [7, 11) is 0. The average Bonchev–Trinajstić information content (AvgIpc) is 2.37. The molecule has 1 aliphatic rings. The van der Waals surface area contributed by atoms with Crippen molar-refractivity contribution >= 4 is 37.6 Å². The van der Waals surface area contributed by atoms with Crippen LogP contribution >= 0.6 is 31.9 Å². The predicted molar refractivity (Wildman–Crippen MR) is 81.9 cm³/mol. The summed E-state index contributed by atoms with van der Waals surface area (Å²) < 4.78 is 1.92. The summed E-state index contributed by atoms with van der Waals surface area (Å²) in [6, 6.07) is 5.83. The summed E-state index contributed by atoms with van der Waals surface area (Å²) in [6.45, 7) is 2.23. The lowest BCUT2D eigenvalue weighted by atomic mass is 9.77. The van der Waals surface area contributed by atoms with Crippen molar-refractivity contribution in [3.05, 3.63) is 32.7 Å². The third-order valence-electron chi connectivity index (χ3n) is 3.88. The number of ketones is 1. The van der Waals surface area contributed by atoms with Crippen molar-refractivity contribution in [3.8, 4) is 0 Å². The molecular weight excluding hydrogens is 356 g/mol. The van der Waals surface area contributed by atoms with Crippen molar-refractivity contribution in [3.63, 3.8) is 0 Å².